The molecule has 0 unspecified atom stereocenters. The average Bonchev–Trinajstić information content (AvgIpc) is 2.70. The van der Waals surface area contributed by atoms with E-state index in [4.69, 9.17) is 4.74 Å². The second-order valence-electron chi connectivity index (χ2n) is 6.51. The Balaban J connectivity index is 2.06. The Morgan fingerprint density at radius 2 is 1.65 bits per heavy atom. The lowest BCUT2D eigenvalue weighted by Gasteiger charge is -2.35. The maximum atomic E-state index is 14.3. The van der Waals surface area contributed by atoms with E-state index >= 15 is 0 Å². The number of alkyl halides is 9. The van der Waals surface area contributed by atoms with E-state index in [1.165, 1.54) is 0 Å². The Kier molecular flexibility index (Phi) is 4.15. The van der Waals surface area contributed by atoms with Gasteiger partial charge < -0.3 is 4.74 Å². The SMILES string of the molecule is C[C@H]1c2c(C(F)(F)C(F)(F)F)ncc(OC3CC(F)(F)C3)c2[C@@H](F)[C@H]1F. The zero-order valence-corrected chi connectivity index (χ0v) is 13.1. The van der Waals surface area contributed by atoms with Crippen LogP contribution in [0, 0.1) is 0 Å². The lowest BCUT2D eigenvalue weighted by Crippen LogP contribution is -2.43. The van der Waals surface area contributed by atoms with Crippen LogP contribution >= 0.6 is 0 Å². The van der Waals surface area contributed by atoms with Gasteiger partial charge in [-0.25, -0.2) is 17.6 Å². The van der Waals surface area contributed by atoms with E-state index in [-0.39, 0.29) is 0 Å². The first-order valence-corrected chi connectivity index (χ1v) is 7.56. The summed E-state index contributed by atoms with van der Waals surface area (Å²) in [6.07, 6.45) is -13.1. The van der Waals surface area contributed by atoms with Gasteiger partial charge in [-0.3, -0.25) is 4.98 Å². The summed E-state index contributed by atoms with van der Waals surface area (Å²) in [6, 6.07) is 0. The van der Waals surface area contributed by atoms with Crippen LogP contribution in [0.15, 0.2) is 6.20 Å². The monoisotopic (exact) mass is 393 g/mol. The number of fused-ring (bicyclic) bond motifs is 1. The molecule has 0 spiro atoms. The molecular formula is C15H12F9NO. The van der Waals surface area contributed by atoms with Crippen LogP contribution in [-0.2, 0) is 5.92 Å². The van der Waals surface area contributed by atoms with E-state index in [9.17, 15) is 39.5 Å². The fraction of sp³-hybridized carbons (Fsp3) is 0.667. The Morgan fingerprint density at radius 3 is 2.15 bits per heavy atom. The third-order valence-corrected chi connectivity index (χ3v) is 4.61. The van der Waals surface area contributed by atoms with Crippen molar-refractivity contribution in [2.24, 2.45) is 0 Å². The van der Waals surface area contributed by atoms with Crippen LogP contribution in [0.5, 0.6) is 5.75 Å². The number of hydrogen-bond acceptors (Lipinski definition) is 2. The zero-order chi connectivity index (χ0) is 19.7. The maximum absolute atomic E-state index is 14.3. The van der Waals surface area contributed by atoms with Crippen molar-refractivity contribution >= 4 is 0 Å². The van der Waals surface area contributed by atoms with Crippen LogP contribution < -0.4 is 4.74 Å². The minimum absolute atomic E-state index is 0.404. The molecule has 2 aliphatic rings. The summed E-state index contributed by atoms with van der Waals surface area (Å²) in [6.45, 7) is 0.946. The summed E-state index contributed by atoms with van der Waals surface area (Å²) in [5.74, 6) is -10.7. The van der Waals surface area contributed by atoms with Crippen molar-refractivity contribution in [1.82, 2.24) is 4.98 Å². The Morgan fingerprint density at radius 1 is 1.08 bits per heavy atom. The van der Waals surface area contributed by atoms with E-state index < -0.39 is 77.8 Å². The predicted octanol–water partition coefficient (Wildman–Crippen LogP) is 5.38. The lowest BCUT2D eigenvalue weighted by atomic mass is 9.90. The smallest absolute Gasteiger partial charge is 0.459 e. The molecule has 1 saturated carbocycles. The number of rotatable bonds is 3. The summed E-state index contributed by atoms with van der Waals surface area (Å²) in [5.41, 5.74) is -3.56. The summed E-state index contributed by atoms with van der Waals surface area (Å²) in [5, 5.41) is 0. The van der Waals surface area contributed by atoms with Gasteiger partial charge in [-0.05, 0) is 5.56 Å². The van der Waals surface area contributed by atoms with Crippen molar-refractivity contribution in [3.8, 4) is 5.75 Å². The zero-order valence-electron chi connectivity index (χ0n) is 13.1. The molecule has 2 aliphatic carbocycles. The molecule has 0 saturated heterocycles. The molecule has 0 aromatic carbocycles. The Hall–Kier alpha value is -1.68. The van der Waals surface area contributed by atoms with Gasteiger partial charge in [-0.2, -0.15) is 22.0 Å². The van der Waals surface area contributed by atoms with Crippen molar-refractivity contribution in [2.75, 3.05) is 0 Å². The number of ether oxygens (including phenoxy) is 1. The molecule has 0 aliphatic heterocycles. The van der Waals surface area contributed by atoms with Gasteiger partial charge in [-0.1, -0.05) is 6.92 Å². The lowest BCUT2D eigenvalue weighted by molar-refractivity contribution is -0.291. The Labute approximate surface area is 141 Å². The molecular weight excluding hydrogens is 381 g/mol. The highest BCUT2D eigenvalue weighted by molar-refractivity contribution is 5.51. The average molecular weight is 393 g/mol. The van der Waals surface area contributed by atoms with Gasteiger partial charge >= 0.3 is 12.1 Å². The van der Waals surface area contributed by atoms with Crippen molar-refractivity contribution in [3.63, 3.8) is 0 Å². The molecule has 0 N–H and O–H groups in total. The first kappa shape index (κ1) is 19.1. The maximum Gasteiger partial charge on any atom is 0.459 e. The molecule has 1 aromatic heterocycles. The highest BCUT2D eigenvalue weighted by Gasteiger charge is 2.62. The first-order chi connectivity index (χ1) is 11.8. The second kappa shape index (κ2) is 5.66. The molecule has 2 nitrogen and oxygen atoms in total. The van der Waals surface area contributed by atoms with Gasteiger partial charge in [0.1, 0.15) is 23.7 Å². The van der Waals surface area contributed by atoms with Gasteiger partial charge in [0.05, 0.1) is 6.20 Å². The molecule has 3 rings (SSSR count). The van der Waals surface area contributed by atoms with Crippen LogP contribution in [0.25, 0.3) is 0 Å². The molecule has 11 heteroatoms. The van der Waals surface area contributed by atoms with E-state index in [0.717, 1.165) is 6.92 Å². The molecule has 0 amide bonds. The number of halogens is 9. The largest absolute Gasteiger partial charge is 0.488 e. The molecule has 0 radical (unpaired) electrons. The van der Waals surface area contributed by atoms with Gasteiger partial charge in [0.15, 0.2) is 6.17 Å². The third kappa shape index (κ3) is 2.79. The fourth-order valence-electron chi connectivity index (χ4n) is 3.19. The predicted molar refractivity (Wildman–Crippen MR) is 69.9 cm³/mol. The molecule has 26 heavy (non-hydrogen) atoms. The minimum atomic E-state index is -6.02. The molecule has 1 aromatic rings. The van der Waals surface area contributed by atoms with E-state index in [0.29, 0.717) is 6.20 Å². The highest BCUT2D eigenvalue weighted by Crippen LogP contribution is 2.55. The number of pyridine rings is 1. The van der Waals surface area contributed by atoms with Crippen molar-refractivity contribution in [3.05, 3.63) is 23.0 Å². The molecule has 1 fully saturated rings. The van der Waals surface area contributed by atoms with Crippen molar-refractivity contribution in [2.45, 2.75) is 62.2 Å². The fourth-order valence-corrected chi connectivity index (χ4v) is 3.19. The van der Waals surface area contributed by atoms with Gasteiger partial charge in [-0.15, -0.1) is 0 Å². The third-order valence-electron chi connectivity index (χ3n) is 4.61. The molecule has 3 atom stereocenters. The highest BCUT2D eigenvalue weighted by atomic mass is 19.4. The van der Waals surface area contributed by atoms with Gasteiger partial charge in [0.2, 0.25) is 0 Å². The topological polar surface area (TPSA) is 22.1 Å². The molecule has 146 valence electrons. The summed E-state index contributed by atoms with van der Waals surface area (Å²) < 4.78 is 125. The quantitative estimate of drug-likeness (QED) is 0.644. The normalized spacial score (nSPS) is 28.6. The molecule has 0 bridgehead atoms. The number of nitrogens with zero attached hydrogens (tertiary/aromatic N) is 1. The van der Waals surface area contributed by atoms with Crippen molar-refractivity contribution < 1.29 is 44.3 Å². The number of hydrogen-bond donors (Lipinski definition) is 0. The minimum Gasteiger partial charge on any atom is -0.488 e. The summed E-state index contributed by atoms with van der Waals surface area (Å²) >= 11 is 0. The second-order valence-corrected chi connectivity index (χ2v) is 6.51. The van der Waals surface area contributed by atoms with E-state index in [1.54, 1.807) is 0 Å². The summed E-state index contributed by atoms with van der Waals surface area (Å²) in [4.78, 5) is 3.04. The van der Waals surface area contributed by atoms with Crippen molar-refractivity contribution in [1.29, 1.82) is 0 Å². The van der Waals surface area contributed by atoms with Crippen LogP contribution in [0.4, 0.5) is 39.5 Å². The first-order valence-electron chi connectivity index (χ1n) is 7.56. The Bertz CT molecular complexity index is 710. The number of aromatic nitrogens is 1. The summed E-state index contributed by atoms with van der Waals surface area (Å²) in [7, 11) is 0. The van der Waals surface area contributed by atoms with Crippen LogP contribution in [-0.4, -0.2) is 29.4 Å². The van der Waals surface area contributed by atoms with Gasteiger partial charge in [0, 0.05) is 24.3 Å². The molecule has 1 heterocycles. The van der Waals surface area contributed by atoms with Gasteiger partial charge in [0.25, 0.3) is 5.92 Å². The van der Waals surface area contributed by atoms with Crippen LogP contribution in [0.2, 0.25) is 0 Å². The van der Waals surface area contributed by atoms with E-state index in [2.05, 4.69) is 4.98 Å². The van der Waals surface area contributed by atoms with Crippen LogP contribution in [0.3, 0.4) is 0 Å². The van der Waals surface area contributed by atoms with E-state index in [1.807, 2.05) is 0 Å². The van der Waals surface area contributed by atoms with Crippen LogP contribution in [0.1, 0.15) is 48.7 Å². The standard InChI is InChI=1S/C15H12F9NO/c1-5-8-9(11(17)10(5)16)7(26-6-2-13(18,19)3-6)4-25-12(8)14(20,21)15(22,23)24/h4-6,10-11H,2-3H2,1H3/t5-,10-,11+/m0/s1.